The number of amides is 1. The Morgan fingerprint density at radius 3 is 2.81 bits per heavy atom. The van der Waals surface area contributed by atoms with Gasteiger partial charge in [0.1, 0.15) is 5.75 Å². The van der Waals surface area contributed by atoms with Gasteiger partial charge in [0.05, 0.1) is 5.69 Å². The van der Waals surface area contributed by atoms with Crippen LogP contribution in [0.1, 0.15) is 6.92 Å². The van der Waals surface area contributed by atoms with Crippen molar-refractivity contribution in [2.24, 2.45) is 11.7 Å². The summed E-state index contributed by atoms with van der Waals surface area (Å²) in [5.74, 6) is -0.440. The van der Waals surface area contributed by atoms with Crippen LogP contribution in [0.15, 0.2) is 22.7 Å². The quantitative estimate of drug-likeness (QED) is 0.749. The van der Waals surface area contributed by atoms with Crippen molar-refractivity contribution in [3.05, 3.63) is 22.7 Å². The molecule has 0 saturated carbocycles. The zero-order chi connectivity index (χ0) is 11.4. The summed E-state index contributed by atoms with van der Waals surface area (Å²) >= 11 is 3.25. The van der Waals surface area contributed by atoms with Gasteiger partial charge in [0.2, 0.25) is 5.91 Å². The summed E-state index contributed by atoms with van der Waals surface area (Å²) in [6.45, 7) is 2.00. The van der Waals surface area contributed by atoms with Crippen LogP contribution < -0.4 is 11.1 Å². The van der Waals surface area contributed by atoms with Crippen molar-refractivity contribution in [3.8, 4) is 5.75 Å². The SMILES string of the molecule is CC(CN)C(=O)Nc1cc(Br)ccc1O.Cl. The summed E-state index contributed by atoms with van der Waals surface area (Å²) in [7, 11) is 0. The number of phenolic OH excluding ortho intramolecular Hbond substituents is 1. The number of aromatic hydroxyl groups is 1. The lowest BCUT2D eigenvalue weighted by Crippen LogP contribution is -2.26. The molecule has 1 amide bonds. The van der Waals surface area contributed by atoms with Gasteiger partial charge in [-0.25, -0.2) is 0 Å². The highest BCUT2D eigenvalue weighted by molar-refractivity contribution is 9.10. The molecule has 1 atom stereocenters. The first-order valence-electron chi connectivity index (χ1n) is 4.54. The molecule has 0 heterocycles. The first kappa shape index (κ1) is 15.2. The van der Waals surface area contributed by atoms with Gasteiger partial charge in [-0.05, 0) is 18.2 Å². The average Bonchev–Trinajstić information content (AvgIpc) is 2.22. The van der Waals surface area contributed by atoms with E-state index in [0.717, 1.165) is 4.47 Å². The molecule has 0 aromatic heterocycles. The van der Waals surface area contributed by atoms with Crippen molar-refractivity contribution in [2.45, 2.75) is 6.92 Å². The summed E-state index contributed by atoms with van der Waals surface area (Å²) in [6, 6.07) is 4.83. The highest BCUT2D eigenvalue weighted by atomic mass is 79.9. The van der Waals surface area contributed by atoms with Gasteiger partial charge in [0.15, 0.2) is 0 Å². The van der Waals surface area contributed by atoms with Gasteiger partial charge in [0.25, 0.3) is 0 Å². The van der Waals surface area contributed by atoms with Crippen LogP contribution in [0, 0.1) is 5.92 Å². The van der Waals surface area contributed by atoms with E-state index in [1.807, 2.05) is 0 Å². The van der Waals surface area contributed by atoms with Crippen LogP contribution in [-0.2, 0) is 4.79 Å². The minimum absolute atomic E-state index is 0. The molecule has 0 radical (unpaired) electrons. The van der Waals surface area contributed by atoms with E-state index >= 15 is 0 Å². The molecule has 4 N–H and O–H groups in total. The number of hydrogen-bond donors (Lipinski definition) is 3. The van der Waals surface area contributed by atoms with Crippen molar-refractivity contribution in [1.29, 1.82) is 0 Å². The van der Waals surface area contributed by atoms with E-state index < -0.39 is 0 Å². The normalized spacial score (nSPS) is 11.4. The smallest absolute Gasteiger partial charge is 0.228 e. The maximum atomic E-state index is 11.5. The first-order chi connectivity index (χ1) is 7.04. The Morgan fingerprint density at radius 2 is 2.25 bits per heavy atom. The Kier molecular flexibility index (Phi) is 6.40. The largest absolute Gasteiger partial charge is 0.506 e. The number of anilines is 1. The molecule has 90 valence electrons. The fourth-order valence-corrected chi connectivity index (χ4v) is 1.33. The Bertz CT molecular complexity index is 374. The molecular weight excluding hydrogens is 295 g/mol. The van der Waals surface area contributed by atoms with Gasteiger partial charge in [0, 0.05) is 16.9 Å². The number of halogens is 2. The minimum atomic E-state index is -0.275. The second kappa shape index (κ2) is 6.73. The molecule has 0 aliphatic carbocycles. The molecule has 0 saturated heterocycles. The highest BCUT2D eigenvalue weighted by Crippen LogP contribution is 2.26. The number of benzene rings is 1. The Morgan fingerprint density at radius 1 is 1.62 bits per heavy atom. The molecule has 0 fully saturated rings. The number of nitrogens with one attached hydrogen (secondary N) is 1. The van der Waals surface area contributed by atoms with Crippen molar-refractivity contribution in [1.82, 2.24) is 0 Å². The number of phenols is 1. The summed E-state index contributed by atoms with van der Waals surface area (Å²) < 4.78 is 0.788. The van der Waals surface area contributed by atoms with Gasteiger partial charge in [-0.1, -0.05) is 22.9 Å². The molecule has 4 nitrogen and oxygen atoms in total. The monoisotopic (exact) mass is 308 g/mol. The third-order valence-electron chi connectivity index (χ3n) is 2.02. The van der Waals surface area contributed by atoms with Crippen LogP contribution in [0.4, 0.5) is 5.69 Å². The number of rotatable bonds is 3. The zero-order valence-corrected chi connectivity index (χ0v) is 11.1. The molecule has 1 unspecified atom stereocenters. The van der Waals surface area contributed by atoms with Crippen LogP contribution >= 0.6 is 28.3 Å². The number of carbonyl (C=O) groups excluding carboxylic acids is 1. The van der Waals surface area contributed by atoms with Gasteiger partial charge in [-0.2, -0.15) is 0 Å². The lowest BCUT2D eigenvalue weighted by molar-refractivity contribution is -0.119. The lowest BCUT2D eigenvalue weighted by atomic mass is 10.1. The van der Waals surface area contributed by atoms with Crippen LogP contribution in [0.2, 0.25) is 0 Å². The topological polar surface area (TPSA) is 75.4 Å². The average molecular weight is 310 g/mol. The molecule has 16 heavy (non-hydrogen) atoms. The molecule has 0 spiro atoms. The molecule has 0 aliphatic rings. The summed E-state index contributed by atoms with van der Waals surface area (Å²) in [5.41, 5.74) is 5.75. The molecule has 0 bridgehead atoms. The second-order valence-corrected chi connectivity index (χ2v) is 4.20. The van der Waals surface area contributed by atoms with Gasteiger partial charge in [-0.15, -0.1) is 12.4 Å². The molecule has 0 aliphatic heterocycles. The Hall–Kier alpha value is -0.780. The van der Waals surface area contributed by atoms with E-state index in [1.165, 1.54) is 6.07 Å². The van der Waals surface area contributed by atoms with Crippen molar-refractivity contribution < 1.29 is 9.90 Å². The number of hydrogen-bond acceptors (Lipinski definition) is 3. The first-order valence-corrected chi connectivity index (χ1v) is 5.33. The van der Waals surface area contributed by atoms with E-state index in [-0.39, 0.29) is 36.5 Å². The third-order valence-corrected chi connectivity index (χ3v) is 2.51. The molecule has 1 aromatic carbocycles. The molecule has 1 rings (SSSR count). The van der Waals surface area contributed by atoms with E-state index in [9.17, 15) is 9.90 Å². The standard InChI is InChI=1S/C10H13BrN2O2.ClH/c1-6(5-12)10(15)13-8-4-7(11)2-3-9(8)14;/h2-4,6,14H,5,12H2,1H3,(H,13,15);1H. The molecular formula is C10H14BrClN2O2. The van der Waals surface area contributed by atoms with E-state index in [2.05, 4.69) is 21.2 Å². The fourth-order valence-electron chi connectivity index (χ4n) is 0.971. The van der Waals surface area contributed by atoms with Gasteiger partial charge >= 0.3 is 0 Å². The summed E-state index contributed by atoms with van der Waals surface area (Å²) in [4.78, 5) is 11.5. The lowest BCUT2D eigenvalue weighted by Gasteiger charge is -2.11. The van der Waals surface area contributed by atoms with Crippen molar-refractivity contribution in [2.75, 3.05) is 11.9 Å². The zero-order valence-electron chi connectivity index (χ0n) is 8.74. The maximum Gasteiger partial charge on any atom is 0.228 e. The highest BCUT2D eigenvalue weighted by Gasteiger charge is 2.12. The van der Waals surface area contributed by atoms with E-state index in [4.69, 9.17) is 5.73 Å². The Balaban J connectivity index is 0.00000225. The van der Waals surface area contributed by atoms with Gasteiger partial charge in [-0.3, -0.25) is 4.79 Å². The number of carbonyl (C=O) groups is 1. The van der Waals surface area contributed by atoms with Gasteiger partial charge < -0.3 is 16.2 Å². The fraction of sp³-hybridized carbons (Fsp3) is 0.300. The van der Waals surface area contributed by atoms with Crippen LogP contribution in [0.5, 0.6) is 5.75 Å². The van der Waals surface area contributed by atoms with E-state index in [0.29, 0.717) is 5.69 Å². The summed E-state index contributed by atoms with van der Waals surface area (Å²) in [5, 5.41) is 12.1. The van der Waals surface area contributed by atoms with Crippen molar-refractivity contribution >= 4 is 39.9 Å². The summed E-state index contributed by atoms with van der Waals surface area (Å²) in [6.07, 6.45) is 0. The Labute approximate surface area is 109 Å². The number of nitrogens with two attached hydrogens (primary N) is 1. The maximum absolute atomic E-state index is 11.5. The molecule has 1 aromatic rings. The van der Waals surface area contributed by atoms with Crippen LogP contribution in [-0.4, -0.2) is 17.6 Å². The molecule has 6 heteroatoms. The minimum Gasteiger partial charge on any atom is -0.506 e. The predicted molar refractivity (Wildman–Crippen MR) is 69.9 cm³/mol. The van der Waals surface area contributed by atoms with E-state index in [1.54, 1.807) is 19.1 Å². The van der Waals surface area contributed by atoms with Crippen LogP contribution in [0.25, 0.3) is 0 Å². The second-order valence-electron chi connectivity index (χ2n) is 3.29. The predicted octanol–water partition coefficient (Wildman–Crippen LogP) is 2.11. The van der Waals surface area contributed by atoms with Crippen molar-refractivity contribution in [3.63, 3.8) is 0 Å². The third kappa shape index (κ3) is 4.00. The van der Waals surface area contributed by atoms with Crippen LogP contribution in [0.3, 0.4) is 0 Å².